The van der Waals surface area contributed by atoms with E-state index in [1.54, 1.807) is 0 Å². The molecule has 0 spiro atoms. The smallest absolute Gasteiger partial charge is 0.246 e. The van der Waals surface area contributed by atoms with Crippen LogP contribution in [0.4, 0.5) is 0 Å². The Kier molecular flexibility index (Phi) is 9.30. The minimum Gasteiger partial charge on any atom is -0.371 e. The number of aliphatic imine (C=N–C) groups is 1. The fourth-order valence-corrected chi connectivity index (χ4v) is 3.63. The second kappa shape index (κ2) is 12.4. The van der Waals surface area contributed by atoms with Crippen molar-refractivity contribution in [2.45, 2.75) is 65.8 Å². The van der Waals surface area contributed by atoms with Crippen LogP contribution in [-0.2, 0) is 24.4 Å². The third kappa shape index (κ3) is 7.63. The number of aromatic nitrogens is 2. The first kappa shape index (κ1) is 23.2. The first-order valence-electron chi connectivity index (χ1n) is 11.4. The molecule has 1 aliphatic rings. The highest BCUT2D eigenvalue weighted by Crippen LogP contribution is 2.14. The number of hydrogen-bond donors (Lipinski definition) is 2. The van der Waals surface area contributed by atoms with Crippen LogP contribution in [0.25, 0.3) is 0 Å². The minimum atomic E-state index is -0.178. The van der Waals surface area contributed by atoms with Crippen molar-refractivity contribution in [1.29, 1.82) is 0 Å². The summed E-state index contributed by atoms with van der Waals surface area (Å²) < 4.78 is 10.8. The third-order valence-corrected chi connectivity index (χ3v) is 5.31. The number of benzene rings is 1. The van der Waals surface area contributed by atoms with Crippen LogP contribution < -0.4 is 10.6 Å². The number of likely N-dealkylation sites (tertiary alicyclic amines) is 1. The zero-order chi connectivity index (χ0) is 21.9. The van der Waals surface area contributed by atoms with Crippen molar-refractivity contribution in [3.63, 3.8) is 0 Å². The van der Waals surface area contributed by atoms with Crippen LogP contribution in [-0.4, -0.2) is 47.2 Å². The molecule has 1 aliphatic heterocycles. The predicted molar refractivity (Wildman–Crippen MR) is 122 cm³/mol. The summed E-state index contributed by atoms with van der Waals surface area (Å²) in [6, 6.07) is 8.79. The largest absolute Gasteiger partial charge is 0.371 e. The zero-order valence-electron chi connectivity index (χ0n) is 19.1. The first-order valence-corrected chi connectivity index (χ1v) is 11.4. The highest BCUT2D eigenvalue weighted by Gasteiger charge is 2.14. The number of guanidine groups is 1. The molecule has 1 fully saturated rings. The Balaban J connectivity index is 1.50. The van der Waals surface area contributed by atoms with Gasteiger partial charge in [-0.2, -0.15) is 4.98 Å². The van der Waals surface area contributed by atoms with Gasteiger partial charge in [0.15, 0.2) is 11.8 Å². The maximum atomic E-state index is 5.50. The predicted octanol–water partition coefficient (Wildman–Crippen LogP) is 3.41. The van der Waals surface area contributed by atoms with Crippen molar-refractivity contribution in [3.05, 3.63) is 47.1 Å². The second-order valence-electron chi connectivity index (χ2n) is 7.85. The molecule has 0 amide bonds. The number of nitrogens with zero attached hydrogens (tertiary/aromatic N) is 4. The van der Waals surface area contributed by atoms with Gasteiger partial charge in [-0.15, -0.1) is 0 Å². The lowest BCUT2D eigenvalue weighted by Gasteiger charge is -2.26. The Hall–Kier alpha value is -2.45. The molecule has 0 aliphatic carbocycles. The molecule has 0 radical (unpaired) electrons. The first-order chi connectivity index (χ1) is 15.2. The lowest BCUT2D eigenvalue weighted by Crippen LogP contribution is -2.36. The second-order valence-corrected chi connectivity index (χ2v) is 7.85. The van der Waals surface area contributed by atoms with Crippen LogP contribution in [0.15, 0.2) is 33.8 Å². The highest BCUT2D eigenvalue weighted by atomic mass is 16.5. The molecule has 2 N–H and O–H groups in total. The normalized spacial score (nSPS) is 16.3. The number of rotatable bonds is 10. The Morgan fingerprint density at radius 2 is 1.87 bits per heavy atom. The summed E-state index contributed by atoms with van der Waals surface area (Å²) in [6.45, 7) is 11.8. The average molecular weight is 429 g/mol. The maximum Gasteiger partial charge on any atom is 0.246 e. The van der Waals surface area contributed by atoms with Crippen molar-refractivity contribution in [2.24, 2.45) is 4.99 Å². The van der Waals surface area contributed by atoms with Gasteiger partial charge in [0.25, 0.3) is 0 Å². The fraction of sp³-hybridized carbons (Fsp3) is 0.609. The Morgan fingerprint density at radius 3 is 2.58 bits per heavy atom. The molecule has 0 bridgehead atoms. The van der Waals surface area contributed by atoms with E-state index >= 15 is 0 Å². The Morgan fingerprint density at radius 1 is 1.13 bits per heavy atom. The van der Waals surface area contributed by atoms with Crippen LogP contribution in [0.3, 0.4) is 0 Å². The lowest BCUT2D eigenvalue weighted by molar-refractivity contribution is 0.0683. The molecule has 31 heavy (non-hydrogen) atoms. The zero-order valence-corrected chi connectivity index (χ0v) is 19.1. The summed E-state index contributed by atoms with van der Waals surface area (Å²) in [7, 11) is 0. The Labute approximate surface area is 185 Å². The molecule has 1 unspecified atom stereocenters. The molecule has 8 heteroatoms. The van der Waals surface area contributed by atoms with Gasteiger partial charge < -0.3 is 19.9 Å². The number of nitrogens with one attached hydrogen (secondary N) is 2. The summed E-state index contributed by atoms with van der Waals surface area (Å²) in [5.41, 5.74) is 2.55. The van der Waals surface area contributed by atoms with Gasteiger partial charge in [-0.25, -0.2) is 4.99 Å². The standard InChI is InChI=1S/C23H36N6O2/c1-4-24-23(26-16-21-27-22(28-31-21)18(3)30-5-2)25-15-19-9-11-20(12-10-19)17-29-13-7-6-8-14-29/h9-12,18H,4-8,13-17H2,1-3H3,(H2,24,25,26). The van der Waals surface area contributed by atoms with Gasteiger partial charge in [-0.05, 0) is 57.8 Å². The van der Waals surface area contributed by atoms with E-state index in [-0.39, 0.29) is 6.10 Å². The van der Waals surface area contributed by atoms with E-state index in [9.17, 15) is 0 Å². The van der Waals surface area contributed by atoms with Gasteiger partial charge in [0.2, 0.25) is 5.89 Å². The van der Waals surface area contributed by atoms with Gasteiger partial charge >= 0.3 is 0 Å². The number of piperidine rings is 1. The molecule has 8 nitrogen and oxygen atoms in total. The molecular formula is C23H36N6O2. The lowest BCUT2D eigenvalue weighted by atomic mass is 10.1. The summed E-state index contributed by atoms with van der Waals surface area (Å²) in [6.07, 6.45) is 3.84. The molecule has 2 heterocycles. The van der Waals surface area contributed by atoms with E-state index in [2.05, 4.69) is 54.9 Å². The van der Waals surface area contributed by atoms with Crippen LogP contribution in [0.5, 0.6) is 0 Å². The summed E-state index contributed by atoms with van der Waals surface area (Å²) in [4.78, 5) is 11.6. The molecule has 1 aromatic carbocycles. The van der Waals surface area contributed by atoms with E-state index in [0.717, 1.165) is 19.0 Å². The van der Waals surface area contributed by atoms with Crippen LogP contribution in [0, 0.1) is 0 Å². The monoisotopic (exact) mass is 428 g/mol. The van der Waals surface area contributed by atoms with E-state index in [0.29, 0.717) is 31.4 Å². The summed E-state index contributed by atoms with van der Waals surface area (Å²) >= 11 is 0. The maximum absolute atomic E-state index is 5.50. The Bertz CT molecular complexity index is 799. The molecular weight excluding hydrogens is 392 g/mol. The van der Waals surface area contributed by atoms with E-state index in [1.165, 1.54) is 43.5 Å². The highest BCUT2D eigenvalue weighted by molar-refractivity contribution is 5.79. The van der Waals surface area contributed by atoms with Crippen molar-refractivity contribution >= 4 is 5.96 Å². The van der Waals surface area contributed by atoms with E-state index < -0.39 is 0 Å². The molecule has 1 atom stereocenters. The summed E-state index contributed by atoms with van der Waals surface area (Å²) in [5.74, 6) is 1.79. The van der Waals surface area contributed by atoms with Gasteiger partial charge in [-0.3, -0.25) is 4.90 Å². The van der Waals surface area contributed by atoms with Gasteiger partial charge in [0.05, 0.1) is 13.1 Å². The molecule has 170 valence electrons. The molecule has 0 saturated carbocycles. The van der Waals surface area contributed by atoms with Crippen molar-refractivity contribution in [2.75, 3.05) is 26.2 Å². The SMILES string of the molecule is CCNC(=NCc1ccc(CN2CCCCC2)cc1)NCc1nc(C(C)OCC)no1. The summed E-state index contributed by atoms with van der Waals surface area (Å²) in [5, 5.41) is 10.5. The molecule has 1 saturated heterocycles. The topological polar surface area (TPSA) is 87.8 Å². The van der Waals surface area contributed by atoms with Crippen molar-refractivity contribution in [1.82, 2.24) is 25.7 Å². The van der Waals surface area contributed by atoms with Gasteiger partial charge in [0.1, 0.15) is 6.10 Å². The van der Waals surface area contributed by atoms with E-state index in [1.807, 2.05) is 20.8 Å². The average Bonchev–Trinajstić information content (AvgIpc) is 3.27. The molecule has 2 aromatic rings. The van der Waals surface area contributed by atoms with E-state index in [4.69, 9.17) is 9.26 Å². The van der Waals surface area contributed by atoms with Crippen molar-refractivity contribution < 1.29 is 9.26 Å². The van der Waals surface area contributed by atoms with Crippen LogP contribution >= 0.6 is 0 Å². The van der Waals surface area contributed by atoms with Gasteiger partial charge in [0, 0.05) is 19.7 Å². The number of hydrogen-bond acceptors (Lipinski definition) is 6. The van der Waals surface area contributed by atoms with Crippen molar-refractivity contribution in [3.8, 4) is 0 Å². The molecule has 1 aromatic heterocycles. The van der Waals surface area contributed by atoms with Crippen LogP contribution in [0.2, 0.25) is 0 Å². The number of ether oxygens (including phenoxy) is 1. The third-order valence-electron chi connectivity index (χ3n) is 5.31. The van der Waals surface area contributed by atoms with Crippen LogP contribution in [0.1, 0.15) is 69.0 Å². The quantitative estimate of drug-likeness (QED) is 0.443. The molecule has 3 rings (SSSR count). The fourth-order valence-electron chi connectivity index (χ4n) is 3.63. The van der Waals surface area contributed by atoms with Gasteiger partial charge in [-0.1, -0.05) is 35.8 Å². The minimum absolute atomic E-state index is 0.178.